The standard InChI is InChI=1S/C26H37NO4S.CH4/c1-5-7-15-26(16-8-6-2)18-32(30,31)23-14-11-20(27(3)4)17-22(23)24(25(26)29)19-9-12-21(28)13-10-19;/h9-14,17,24-25,28-29H,5-8,15-16,18H2,1-4H3;1H4/t24-,25-;/m1./s1. The molecule has 184 valence electrons. The molecule has 0 aliphatic carbocycles. The zero-order chi connectivity index (χ0) is 23.5. The molecule has 0 saturated heterocycles. The van der Waals surface area contributed by atoms with Crippen molar-refractivity contribution in [3.05, 3.63) is 53.6 Å². The quantitative estimate of drug-likeness (QED) is 0.509. The van der Waals surface area contributed by atoms with Gasteiger partial charge in [-0.15, -0.1) is 0 Å². The van der Waals surface area contributed by atoms with Crippen molar-refractivity contribution in [2.45, 2.75) is 76.7 Å². The first-order valence-electron chi connectivity index (χ1n) is 11.7. The van der Waals surface area contributed by atoms with Gasteiger partial charge in [-0.3, -0.25) is 0 Å². The monoisotopic (exact) mass is 475 g/mol. The van der Waals surface area contributed by atoms with E-state index >= 15 is 0 Å². The molecule has 0 bridgehead atoms. The van der Waals surface area contributed by atoms with Crippen molar-refractivity contribution in [2.75, 3.05) is 24.7 Å². The molecule has 0 aromatic heterocycles. The number of nitrogens with zero attached hydrogens (tertiary/aromatic N) is 1. The van der Waals surface area contributed by atoms with Crippen LogP contribution in [0.15, 0.2) is 47.4 Å². The number of phenolic OH excluding ortho intramolecular Hbond substituents is 1. The molecule has 1 aliphatic rings. The summed E-state index contributed by atoms with van der Waals surface area (Å²) in [7, 11) is 0.245. The van der Waals surface area contributed by atoms with E-state index < -0.39 is 27.3 Å². The van der Waals surface area contributed by atoms with Crippen molar-refractivity contribution in [3.8, 4) is 5.75 Å². The van der Waals surface area contributed by atoms with E-state index in [-0.39, 0.29) is 18.9 Å². The number of unbranched alkanes of at least 4 members (excludes halogenated alkanes) is 2. The molecule has 3 rings (SSSR count). The van der Waals surface area contributed by atoms with Crippen LogP contribution in [-0.4, -0.2) is 44.6 Å². The number of fused-ring (bicyclic) bond motifs is 1. The predicted molar refractivity (Wildman–Crippen MR) is 137 cm³/mol. The molecule has 0 spiro atoms. The van der Waals surface area contributed by atoms with E-state index in [0.717, 1.165) is 36.9 Å². The summed E-state index contributed by atoms with van der Waals surface area (Å²) in [5.74, 6) is -0.379. The minimum absolute atomic E-state index is 0. The average Bonchev–Trinajstić information content (AvgIpc) is 2.83. The highest BCUT2D eigenvalue weighted by molar-refractivity contribution is 7.91. The fourth-order valence-corrected chi connectivity index (χ4v) is 7.26. The second-order valence-corrected chi connectivity index (χ2v) is 11.4. The first-order chi connectivity index (χ1) is 15.1. The maximum Gasteiger partial charge on any atom is 0.179 e. The average molecular weight is 476 g/mol. The lowest BCUT2D eigenvalue weighted by atomic mass is 9.68. The molecular weight excluding hydrogens is 434 g/mol. The molecule has 0 unspecified atom stereocenters. The minimum Gasteiger partial charge on any atom is -0.508 e. The molecule has 6 heteroatoms. The number of phenols is 1. The van der Waals surface area contributed by atoms with Crippen LogP contribution in [0, 0.1) is 5.41 Å². The van der Waals surface area contributed by atoms with Crippen molar-refractivity contribution in [2.24, 2.45) is 5.41 Å². The summed E-state index contributed by atoms with van der Waals surface area (Å²) in [6.45, 7) is 4.20. The number of aliphatic hydroxyl groups is 1. The van der Waals surface area contributed by atoms with Gasteiger partial charge in [-0.25, -0.2) is 8.42 Å². The van der Waals surface area contributed by atoms with Gasteiger partial charge < -0.3 is 15.1 Å². The summed E-state index contributed by atoms with van der Waals surface area (Å²) in [5, 5.41) is 21.8. The molecule has 2 aromatic rings. The number of hydrogen-bond donors (Lipinski definition) is 2. The number of rotatable bonds is 8. The van der Waals surface area contributed by atoms with E-state index in [4.69, 9.17) is 0 Å². The Morgan fingerprint density at radius 3 is 2.09 bits per heavy atom. The van der Waals surface area contributed by atoms with Gasteiger partial charge in [0, 0.05) is 31.1 Å². The molecule has 0 amide bonds. The smallest absolute Gasteiger partial charge is 0.179 e. The third kappa shape index (κ3) is 5.55. The van der Waals surface area contributed by atoms with Gasteiger partial charge in [0.2, 0.25) is 0 Å². The van der Waals surface area contributed by atoms with Gasteiger partial charge in [-0.05, 0) is 54.3 Å². The van der Waals surface area contributed by atoms with Gasteiger partial charge in [0.25, 0.3) is 0 Å². The number of hydrogen-bond acceptors (Lipinski definition) is 5. The first kappa shape index (κ1) is 27.2. The second-order valence-electron chi connectivity index (χ2n) is 9.46. The maximum atomic E-state index is 13.7. The number of benzene rings is 2. The maximum absolute atomic E-state index is 13.7. The molecule has 0 fully saturated rings. The minimum atomic E-state index is -3.60. The van der Waals surface area contributed by atoms with Crippen LogP contribution in [0.3, 0.4) is 0 Å². The zero-order valence-electron chi connectivity index (χ0n) is 19.7. The Bertz CT molecular complexity index is 1010. The SMILES string of the molecule is C.CCCCC1(CCCC)CS(=O)(=O)c2ccc(N(C)C)cc2[C@@H](c2ccc(O)cc2)[C@H]1O. The molecule has 2 N–H and O–H groups in total. The summed E-state index contributed by atoms with van der Waals surface area (Å²) < 4.78 is 27.5. The van der Waals surface area contributed by atoms with E-state index in [1.54, 1.807) is 30.3 Å². The van der Waals surface area contributed by atoms with Gasteiger partial charge in [0.15, 0.2) is 9.84 Å². The van der Waals surface area contributed by atoms with Crippen LogP contribution in [-0.2, 0) is 9.84 Å². The van der Waals surface area contributed by atoms with E-state index in [2.05, 4.69) is 13.8 Å². The molecule has 33 heavy (non-hydrogen) atoms. The molecule has 2 atom stereocenters. The molecule has 0 saturated carbocycles. The van der Waals surface area contributed by atoms with Gasteiger partial charge in [-0.1, -0.05) is 59.1 Å². The van der Waals surface area contributed by atoms with Crippen LogP contribution < -0.4 is 4.90 Å². The van der Waals surface area contributed by atoms with E-state index in [0.29, 0.717) is 23.3 Å². The van der Waals surface area contributed by atoms with Crippen molar-refractivity contribution >= 4 is 15.5 Å². The third-order valence-electron chi connectivity index (χ3n) is 6.91. The summed E-state index contributed by atoms with van der Waals surface area (Å²) in [6, 6.07) is 12.3. The highest BCUT2D eigenvalue weighted by Gasteiger charge is 2.49. The lowest BCUT2D eigenvalue weighted by Crippen LogP contribution is -2.43. The summed E-state index contributed by atoms with van der Waals surface area (Å²) in [6.07, 6.45) is 4.14. The summed E-state index contributed by atoms with van der Waals surface area (Å²) >= 11 is 0. The Balaban J connectivity index is 0.00000385. The normalized spacial score (nSPS) is 20.9. The Labute approximate surface area is 200 Å². The topological polar surface area (TPSA) is 77.8 Å². The van der Waals surface area contributed by atoms with Crippen molar-refractivity contribution in [1.82, 2.24) is 0 Å². The van der Waals surface area contributed by atoms with Crippen LogP contribution in [0.4, 0.5) is 5.69 Å². The summed E-state index contributed by atoms with van der Waals surface area (Å²) in [4.78, 5) is 2.26. The predicted octanol–water partition coefficient (Wildman–Crippen LogP) is 5.74. The van der Waals surface area contributed by atoms with E-state index in [1.807, 2.05) is 31.1 Å². The third-order valence-corrected chi connectivity index (χ3v) is 8.91. The number of aromatic hydroxyl groups is 1. The fraction of sp³-hybridized carbons (Fsp3) is 0.556. The van der Waals surface area contributed by atoms with Crippen LogP contribution in [0.1, 0.15) is 76.8 Å². The van der Waals surface area contributed by atoms with Crippen molar-refractivity contribution < 1.29 is 18.6 Å². The zero-order valence-corrected chi connectivity index (χ0v) is 20.5. The van der Waals surface area contributed by atoms with Crippen molar-refractivity contribution in [1.29, 1.82) is 0 Å². The second kappa shape index (κ2) is 10.9. The van der Waals surface area contributed by atoms with Crippen LogP contribution in [0.25, 0.3) is 0 Å². The lowest BCUT2D eigenvalue weighted by Gasteiger charge is -2.40. The molecule has 0 radical (unpaired) electrons. The van der Waals surface area contributed by atoms with Gasteiger partial charge in [0.1, 0.15) is 5.75 Å². The van der Waals surface area contributed by atoms with Crippen LogP contribution in [0.5, 0.6) is 5.75 Å². The fourth-order valence-electron chi connectivity index (χ4n) is 5.07. The molecule has 2 aromatic carbocycles. The Hall–Kier alpha value is -2.05. The molecule has 5 nitrogen and oxygen atoms in total. The van der Waals surface area contributed by atoms with Crippen LogP contribution in [0.2, 0.25) is 0 Å². The van der Waals surface area contributed by atoms with Gasteiger partial charge in [0.05, 0.1) is 16.8 Å². The van der Waals surface area contributed by atoms with Crippen LogP contribution >= 0.6 is 0 Å². The Kier molecular flexibility index (Phi) is 9.00. The number of anilines is 1. The van der Waals surface area contributed by atoms with Crippen molar-refractivity contribution in [3.63, 3.8) is 0 Å². The molecule has 1 aliphatic heterocycles. The van der Waals surface area contributed by atoms with Gasteiger partial charge >= 0.3 is 0 Å². The Morgan fingerprint density at radius 1 is 1.00 bits per heavy atom. The Morgan fingerprint density at radius 2 is 1.58 bits per heavy atom. The van der Waals surface area contributed by atoms with E-state index in [1.165, 1.54) is 0 Å². The lowest BCUT2D eigenvalue weighted by molar-refractivity contribution is 0.0127. The number of sulfone groups is 1. The highest BCUT2D eigenvalue weighted by atomic mass is 32.2. The number of aliphatic hydroxyl groups excluding tert-OH is 1. The van der Waals surface area contributed by atoms with Gasteiger partial charge in [-0.2, -0.15) is 0 Å². The first-order valence-corrected chi connectivity index (χ1v) is 13.3. The summed E-state index contributed by atoms with van der Waals surface area (Å²) in [5.41, 5.74) is 1.64. The molecule has 1 heterocycles. The van der Waals surface area contributed by atoms with E-state index in [9.17, 15) is 18.6 Å². The molecular formula is C27H41NO4S. The highest BCUT2D eigenvalue weighted by Crippen LogP contribution is 2.50. The largest absolute Gasteiger partial charge is 0.508 e.